The van der Waals surface area contributed by atoms with E-state index in [1.807, 2.05) is 53.4 Å². The first-order valence-electron chi connectivity index (χ1n) is 11.1. The smallest absolute Gasteiger partial charge is 0.236 e. The largest absolute Gasteiger partial charge is 0.342 e. The first-order chi connectivity index (χ1) is 15.0. The van der Waals surface area contributed by atoms with Gasteiger partial charge in [0.1, 0.15) is 0 Å². The molecule has 31 heavy (non-hydrogen) atoms. The SMILES string of the molecule is CCCN(CC(=O)N1CCC(C(=O)Nc2ccccc2)CC1)C(C)c1ccccc1Br. The third-order valence-corrected chi connectivity index (χ3v) is 6.73. The van der Waals surface area contributed by atoms with Crippen molar-refractivity contribution < 1.29 is 9.59 Å². The minimum absolute atomic E-state index is 0.0461. The predicted molar refractivity (Wildman–Crippen MR) is 129 cm³/mol. The number of likely N-dealkylation sites (tertiary alicyclic amines) is 1. The Bertz CT molecular complexity index is 866. The van der Waals surface area contributed by atoms with Crippen LogP contribution in [0.2, 0.25) is 0 Å². The third kappa shape index (κ3) is 6.40. The third-order valence-electron chi connectivity index (χ3n) is 6.01. The van der Waals surface area contributed by atoms with Crippen LogP contribution in [0.1, 0.15) is 44.7 Å². The Labute approximate surface area is 193 Å². The molecule has 1 aliphatic heterocycles. The van der Waals surface area contributed by atoms with Gasteiger partial charge in [0.15, 0.2) is 0 Å². The molecule has 1 unspecified atom stereocenters. The lowest BCUT2D eigenvalue weighted by Gasteiger charge is -2.35. The summed E-state index contributed by atoms with van der Waals surface area (Å²) in [5.41, 5.74) is 2.02. The monoisotopic (exact) mass is 485 g/mol. The van der Waals surface area contributed by atoms with Crippen LogP contribution >= 0.6 is 15.9 Å². The second-order valence-corrected chi connectivity index (χ2v) is 9.03. The highest BCUT2D eigenvalue weighted by Crippen LogP contribution is 2.28. The van der Waals surface area contributed by atoms with Crippen molar-refractivity contribution in [3.8, 4) is 0 Å². The van der Waals surface area contributed by atoms with Crippen LogP contribution in [-0.2, 0) is 9.59 Å². The molecule has 1 N–H and O–H groups in total. The molecule has 166 valence electrons. The lowest BCUT2D eigenvalue weighted by molar-refractivity contribution is -0.136. The van der Waals surface area contributed by atoms with E-state index < -0.39 is 0 Å². The highest BCUT2D eigenvalue weighted by Gasteiger charge is 2.29. The molecule has 1 saturated heterocycles. The van der Waals surface area contributed by atoms with Crippen molar-refractivity contribution in [1.82, 2.24) is 9.80 Å². The fourth-order valence-corrected chi connectivity index (χ4v) is 4.75. The summed E-state index contributed by atoms with van der Waals surface area (Å²) in [6, 6.07) is 17.9. The fourth-order valence-electron chi connectivity index (χ4n) is 4.14. The van der Waals surface area contributed by atoms with Gasteiger partial charge in [0.2, 0.25) is 11.8 Å². The number of piperidine rings is 1. The van der Waals surface area contributed by atoms with Crippen LogP contribution in [0.5, 0.6) is 0 Å². The molecule has 2 aromatic carbocycles. The Morgan fingerprint density at radius 1 is 1.10 bits per heavy atom. The predicted octanol–water partition coefficient (Wildman–Crippen LogP) is 5.10. The van der Waals surface area contributed by atoms with Gasteiger partial charge in [0, 0.05) is 35.2 Å². The molecule has 5 nitrogen and oxygen atoms in total. The number of benzene rings is 2. The number of hydrogen-bond acceptors (Lipinski definition) is 3. The number of anilines is 1. The molecule has 0 aliphatic carbocycles. The zero-order valence-corrected chi connectivity index (χ0v) is 20.0. The lowest BCUT2D eigenvalue weighted by atomic mass is 9.95. The molecule has 0 radical (unpaired) electrons. The Balaban J connectivity index is 1.54. The molecule has 0 aromatic heterocycles. The molecule has 0 spiro atoms. The van der Waals surface area contributed by atoms with Gasteiger partial charge in [-0.25, -0.2) is 0 Å². The summed E-state index contributed by atoms with van der Waals surface area (Å²) in [5.74, 6) is 0.151. The summed E-state index contributed by atoms with van der Waals surface area (Å²) in [4.78, 5) is 29.8. The average molecular weight is 486 g/mol. The Hall–Kier alpha value is -2.18. The van der Waals surface area contributed by atoms with Crippen LogP contribution in [0.25, 0.3) is 0 Å². The molecule has 2 amide bonds. The Morgan fingerprint density at radius 2 is 1.74 bits per heavy atom. The van der Waals surface area contributed by atoms with Gasteiger partial charge in [-0.15, -0.1) is 0 Å². The quantitative estimate of drug-likeness (QED) is 0.565. The van der Waals surface area contributed by atoms with E-state index in [9.17, 15) is 9.59 Å². The van der Waals surface area contributed by atoms with E-state index >= 15 is 0 Å². The number of nitrogens with zero attached hydrogens (tertiary/aromatic N) is 2. The summed E-state index contributed by atoms with van der Waals surface area (Å²) >= 11 is 3.64. The Kier molecular flexibility index (Phi) is 8.67. The van der Waals surface area contributed by atoms with Crippen molar-refractivity contribution in [2.75, 3.05) is 31.5 Å². The Morgan fingerprint density at radius 3 is 2.39 bits per heavy atom. The maximum Gasteiger partial charge on any atom is 0.236 e. The van der Waals surface area contributed by atoms with Crippen molar-refractivity contribution >= 4 is 33.4 Å². The fraction of sp³-hybridized carbons (Fsp3) is 0.440. The van der Waals surface area contributed by atoms with E-state index in [2.05, 4.69) is 46.1 Å². The first kappa shape index (κ1) is 23.5. The number of amides is 2. The molecule has 2 aromatic rings. The van der Waals surface area contributed by atoms with E-state index in [-0.39, 0.29) is 23.8 Å². The zero-order chi connectivity index (χ0) is 22.2. The van der Waals surface area contributed by atoms with Crippen molar-refractivity contribution in [3.63, 3.8) is 0 Å². The normalized spacial score (nSPS) is 15.7. The minimum atomic E-state index is -0.0461. The van der Waals surface area contributed by atoms with Crippen LogP contribution in [0, 0.1) is 5.92 Å². The number of rotatable bonds is 8. The number of nitrogens with one attached hydrogen (secondary N) is 1. The molecule has 1 heterocycles. The van der Waals surface area contributed by atoms with Gasteiger partial charge in [0.25, 0.3) is 0 Å². The maximum absolute atomic E-state index is 13.0. The lowest BCUT2D eigenvalue weighted by Crippen LogP contribution is -2.46. The molecule has 1 fully saturated rings. The second-order valence-electron chi connectivity index (χ2n) is 8.18. The summed E-state index contributed by atoms with van der Waals surface area (Å²) in [5, 5.41) is 2.99. The van der Waals surface area contributed by atoms with Crippen LogP contribution in [0.3, 0.4) is 0 Å². The van der Waals surface area contributed by atoms with E-state index in [4.69, 9.17) is 0 Å². The van der Waals surface area contributed by atoms with Crippen LogP contribution in [-0.4, -0.2) is 47.8 Å². The van der Waals surface area contributed by atoms with Gasteiger partial charge in [-0.3, -0.25) is 14.5 Å². The topological polar surface area (TPSA) is 52.7 Å². The molecule has 0 bridgehead atoms. The number of para-hydroxylation sites is 1. The van der Waals surface area contributed by atoms with Gasteiger partial charge in [-0.05, 0) is 56.5 Å². The van der Waals surface area contributed by atoms with Crippen molar-refractivity contribution in [2.24, 2.45) is 5.92 Å². The van der Waals surface area contributed by atoms with Crippen molar-refractivity contribution in [3.05, 3.63) is 64.6 Å². The van der Waals surface area contributed by atoms with Crippen LogP contribution in [0.4, 0.5) is 5.69 Å². The molecule has 1 atom stereocenters. The number of halogens is 1. The molecule has 0 saturated carbocycles. The summed E-state index contributed by atoms with van der Waals surface area (Å²) in [6.07, 6.45) is 2.40. The highest BCUT2D eigenvalue weighted by molar-refractivity contribution is 9.10. The van der Waals surface area contributed by atoms with E-state index in [1.165, 1.54) is 5.56 Å². The standard InChI is InChI=1S/C25H32BrN3O2/c1-3-15-29(19(2)22-11-7-8-12-23(22)26)18-24(30)28-16-13-20(14-17-28)25(31)27-21-9-5-4-6-10-21/h4-12,19-20H,3,13-18H2,1-2H3,(H,27,31). The van der Waals surface area contributed by atoms with Gasteiger partial charge >= 0.3 is 0 Å². The van der Waals surface area contributed by atoms with E-state index in [0.717, 1.165) is 23.1 Å². The van der Waals surface area contributed by atoms with Gasteiger partial charge in [0.05, 0.1) is 6.54 Å². The molecular formula is C25H32BrN3O2. The first-order valence-corrected chi connectivity index (χ1v) is 11.9. The maximum atomic E-state index is 13.0. The summed E-state index contributed by atoms with van der Waals surface area (Å²) < 4.78 is 1.07. The van der Waals surface area contributed by atoms with E-state index in [1.54, 1.807) is 0 Å². The summed E-state index contributed by atoms with van der Waals surface area (Å²) in [6.45, 7) is 6.83. The second kappa shape index (κ2) is 11.4. The minimum Gasteiger partial charge on any atom is -0.342 e. The van der Waals surface area contributed by atoms with Crippen molar-refractivity contribution in [1.29, 1.82) is 0 Å². The molecule has 3 rings (SSSR count). The summed E-state index contributed by atoms with van der Waals surface area (Å²) in [7, 11) is 0. The van der Waals surface area contributed by atoms with Crippen LogP contribution in [0.15, 0.2) is 59.1 Å². The van der Waals surface area contributed by atoms with Crippen LogP contribution < -0.4 is 5.32 Å². The highest BCUT2D eigenvalue weighted by atomic mass is 79.9. The molecule has 6 heteroatoms. The molecule has 1 aliphatic rings. The zero-order valence-electron chi connectivity index (χ0n) is 18.4. The van der Waals surface area contributed by atoms with Crippen molar-refractivity contribution in [2.45, 2.75) is 39.2 Å². The van der Waals surface area contributed by atoms with Gasteiger partial charge in [-0.2, -0.15) is 0 Å². The van der Waals surface area contributed by atoms with Gasteiger partial charge in [-0.1, -0.05) is 59.3 Å². The molecular weight excluding hydrogens is 454 g/mol. The average Bonchev–Trinajstić information content (AvgIpc) is 2.79. The van der Waals surface area contributed by atoms with Gasteiger partial charge < -0.3 is 10.2 Å². The van der Waals surface area contributed by atoms with E-state index in [0.29, 0.717) is 32.5 Å². The number of hydrogen-bond donors (Lipinski definition) is 1. The number of carbonyl (C=O) groups is 2. The number of carbonyl (C=O) groups excluding carboxylic acids is 2.